The Hall–Kier alpha value is -4.22. The fourth-order valence-corrected chi connectivity index (χ4v) is 5.78. The molecule has 2 amide bonds. The summed E-state index contributed by atoms with van der Waals surface area (Å²) in [5.41, 5.74) is 4.29. The SMILES string of the molecule is CC(=O)c1ccc(NC(=O)N2CCN(c3nc(Nc4ccc(N5CCOCC5)cc4)nc4ccsc34)CC2)cc1. The number of anilines is 5. The van der Waals surface area contributed by atoms with Crippen molar-refractivity contribution in [1.29, 1.82) is 0 Å². The second-order valence-electron chi connectivity index (χ2n) is 9.81. The number of nitrogens with zero attached hydrogens (tertiary/aromatic N) is 5. The maximum atomic E-state index is 12.9. The van der Waals surface area contributed by atoms with Gasteiger partial charge < -0.3 is 30.1 Å². The van der Waals surface area contributed by atoms with E-state index in [9.17, 15) is 9.59 Å². The summed E-state index contributed by atoms with van der Waals surface area (Å²) in [6.07, 6.45) is 0. The lowest BCUT2D eigenvalue weighted by atomic mass is 10.1. The average Bonchev–Trinajstić information content (AvgIpc) is 3.47. The molecule has 2 aromatic heterocycles. The minimum atomic E-state index is -0.151. The zero-order chi connectivity index (χ0) is 27.5. The predicted molar refractivity (Wildman–Crippen MR) is 159 cm³/mol. The Morgan fingerprint density at radius 2 is 1.52 bits per heavy atom. The zero-order valence-corrected chi connectivity index (χ0v) is 23.1. The summed E-state index contributed by atoms with van der Waals surface area (Å²) in [6.45, 7) is 7.30. The van der Waals surface area contributed by atoms with Gasteiger partial charge in [0, 0.05) is 61.9 Å². The highest BCUT2D eigenvalue weighted by molar-refractivity contribution is 7.17. The molecule has 40 heavy (non-hydrogen) atoms. The lowest BCUT2D eigenvalue weighted by Crippen LogP contribution is -2.50. The number of urea groups is 1. The number of carbonyl (C=O) groups excluding carboxylic acids is 2. The molecule has 6 rings (SSSR count). The van der Waals surface area contributed by atoms with E-state index in [-0.39, 0.29) is 11.8 Å². The van der Waals surface area contributed by atoms with E-state index in [1.165, 1.54) is 12.6 Å². The molecular weight excluding hydrogens is 526 g/mol. The smallest absolute Gasteiger partial charge is 0.321 e. The molecule has 0 spiro atoms. The average molecular weight is 558 g/mol. The number of piperazine rings is 1. The third-order valence-electron chi connectivity index (χ3n) is 7.19. The third kappa shape index (κ3) is 5.70. The normalized spacial score (nSPS) is 15.8. The van der Waals surface area contributed by atoms with Crippen LogP contribution in [0.2, 0.25) is 0 Å². The van der Waals surface area contributed by atoms with E-state index < -0.39 is 0 Å². The van der Waals surface area contributed by atoms with E-state index >= 15 is 0 Å². The van der Waals surface area contributed by atoms with Crippen LogP contribution in [0, 0.1) is 0 Å². The van der Waals surface area contributed by atoms with Crippen LogP contribution in [0.4, 0.5) is 33.6 Å². The molecule has 0 aliphatic carbocycles. The van der Waals surface area contributed by atoms with E-state index in [4.69, 9.17) is 14.7 Å². The topological polar surface area (TPSA) is 103 Å². The van der Waals surface area contributed by atoms with Gasteiger partial charge in [-0.3, -0.25) is 4.79 Å². The Labute approximate surface area is 236 Å². The fourth-order valence-electron chi connectivity index (χ4n) is 4.94. The molecule has 0 unspecified atom stereocenters. The molecule has 4 aromatic rings. The molecule has 4 heterocycles. The van der Waals surface area contributed by atoms with Crippen molar-refractivity contribution in [3.63, 3.8) is 0 Å². The molecule has 2 aliphatic heterocycles. The molecule has 0 saturated carbocycles. The molecule has 10 nitrogen and oxygen atoms in total. The van der Waals surface area contributed by atoms with E-state index in [1.54, 1.807) is 40.5 Å². The van der Waals surface area contributed by atoms with Gasteiger partial charge in [0.1, 0.15) is 0 Å². The van der Waals surface area contributed by atoms with Crippen molar-refractivity contribution in [1.82, 2.24) is 14.9 Å². The molecule has 2 aliphatic rings. The van der Waals surface area contributed by atoms with E-state index in [0.717, 1.165) is 48.0 Å². The molecule has 0 bridgehead atoms. The second-order valence-corrected chi connectivity index (χ2v) is 10.7. The van der Waals surface area contributed by atoms with Gasteiger partial charge in [-0.2, -0.15) is 4.98 Å². The highest BCUT2D eigenvalue weighted by Gasteiger charge is 2.24. The summed E-state index contributed by atoms with van der Waals surface area (Å²) >= 11 is 1.63. The summed E-state index contributed by atoms with van der Waals surface area (Å²) in [5, 5.41) is 8.34. The van der Waals surface area contributed by atoms with Crippen LogP contribution >= 0.6 is 11.3 Å². The molecule has 2 fully saturated rings. The Kier molecular flexibility index (Phi) is 7.47. The lowest BCUT2D eigenvalue weighted by molar-refractivity contribution is 0.101. The molecule has 2 aromatic carbocycles. The number of aromatic nitrogens is 2. The molecule has 2 saturated heterocycles. The van der Waals surface area contributed by atoms with Crippen LogP contribution < -0.4 is 20.4 Å². The number of ether oxygens (including phenoxy) is 1. The third-order valence-corrected chi connectivity index (χ3v) is 8.09. The van der Waals surface area contributed by atoms with Crippen molar-refractivity contribution in [2.24, 2.45) is 0 Å². The fraction of sp³-hybridized carbons (Fsp3) is 0.310. The van der Waals surface area contributed by atoms with Crippen LogP contribution in [0.3, 0.4) is 0 Å². The summed E-state index contributed by atoms with van der Waals surface area (Å²) in [7, 11) is 0. The minimum Gasteiger partial charge on any atom is -0.378 e. The first-order chi connectivity index (χ1) is 19.5. The molecular formula is C29H31N7O3S. The first-order valence-corrected chi connectivity index (χ1v) is 14.3. The number of morpholine rings is 1. The van der Waals surface area contributed by atoms with Gasteiger partial charge >= 0.3 is 6.03 Å². The highest BCUT2D eigenvalue weighted by atomic mass is 32.1. The van der Waals surface area contributed by atoms with Crippen LogP contribution in [0.5, 0.6) is 0 Å². The largest absolute Gasteiger partial charge is 0.378 e. The monoisotopic (exact) mass is 557 g/mol. The molecule has 2 N–H and O–H groups in total. The number of carbonyl (C=O) groups is 2. The molecule has 0 radical (unpaired) electrons. The van der Waals surface area contributed by atoms with Crippen molar-refractivity contribution in [3.05, 3.63) is 65.5 Å². The maximum absolute atomic E-state index is 12.9. The molecule has 11 heteroatoms. The number of rotatable bonds is 6. The summed E-state index contributed by atoms with van der Waals surface area (Å²) in [6, 6.07) is 17.1. The Morgan fingerprint density at radius 3 is 2.23 bits per heavy atom. The first kappa shape index (κ1) is 26.0. The summed E-state index contributed by atoms with van der Waals surface area (Å²) in [4.78, 5) is 40.4. The van der Waals surface area contributed by atoms with Crippen molar-refractivity contribution in [3.8, 4) is 0 Å². The van der Waals surface area contributed by atoms with Gasteiger partial charge in [0.25, 0.3) is 0 Å². The molecule has 0 atom stereocenters. The van der Waals surface area contributed by atoms with Crippen LogP contribution in [0.1, 0.15) is 17.3 Å². The number of nitrogens with one attached hydrogen (secondary N) is 2. The van der Waals surface area contributed by atoms with E-state index in [1.807, 2.05) is 11.4 Å². The Bertz CT molecular complexity index is 1490. The van der Waals surface area contributed by atoms with Gasteiger partial charge in [0.05, 0.1) is 23.4 Å². The van der Waals surface area contributed by atoms with Gasteiger partial charge in [-0.25, -0.2) is 9.78 Å². The number of hydrogen-bond acceptors (Lipinski definition) is 9. The number of benzene rings is 2. The lowest BCUT2D eigenvalue weighted by Gasteiger charge is -2.35. The van der Waals surface area contributed by atoms with Crippen molar-refractivity contribution >= 4 is 62.2 Å². The van der Waals surface area contributed by atoms with Crippen molar-refractivity contribution in [2.75, 3.05) is 72.9 Å². The minimum absolute atomic E-state index is 0.00129. The Morgan fingerprint density at radius 1 is 0.825 bits per heavy atom. The Balaban J connectivity index is 1.11. The summed E-state index contributed by atoms with van der Waals surface area (Å²) < 4.78 is 6.50. The van der Waals surface area contributed by atoms with Crippen LogP contribution in [-0.2, 0) is 4.74 Å². The van der Waals surface area contributed by atoms with Gasteiger partial charge in [-0.1, -0.05) is 0 Å². The number of ketones is 1. The zero-order valence-electron chi connectivity index (χ0n) is 22.3. The number of Topliss-reactive ketones (excluding diaryl/α,β-unsaturated/α-hetero) is 1. The highest BCUT2D eigenvalue weighted by Crippen LogP contribution is 2.32. The second kappa shape index (κ2) is 11.5. The van der Waals surface area contributed by atoms with E-state index in [0.29, 0.717) is 43.4 Å². The first-order valence-electron chi connectivity index (χ1n) is 13.4. The van der Waals surface area contributed by atoms with Gasteiger partial charge in [0.15, 0.2) is 11.6 Å². The standard InChI is InChI=1S/C29H31N7O3S/c1-20(37)21-2-4-23(5-3-21)31-29(38)36-13-11-35(12-14-36)27-26-25(10-19-40-26)32-28(33-27)30-22-6-8-24(9-7-22)34-15-17-39-18-16-34/h2-10,19H,11-18H2,1H3,(H,31,38)(H,30,32,33). The summed E-state index contributed by atoms with van der Waals surface area (Å²) in [5.74, 6) is 1.43. The number of amides is 2. The predicted octanol–water partition coefficient (Wildman–Crippen LogP) is 4.83. The number of thiophene rings is 1. The van der Waals surface area contributed by atoms with Crippen LogP contribution in [0.15, 0.2) is 60.0 Å². The van der Waals surface area contributed by atoms with Gasteiger partial charge in [-0.15, -0.1) is 11.3 Å². The van der Waals surface area contributed by atoms with Crippen molar-refractivity contribution in [2.45, 2.75) is 6.92 Å². The molecule has 206 valence electrons. The van der Waals surface area contributed by atoms with Crippen LogP contribution in [-0.4, -0.2) is 79.2 Å². The van der Waals surface area contributed by atoms with Crippen LogP contribution in [0.25, 0.3) is 10.2 Å². The van der Waals surface area contributed by atoms with Gasteiger partial charge in [0.2, 0.25) is 5.95 Å². The quantitative estimate of drug-likeness (QED) is 0.325. The van der Waals surface area contributed by atoms with E-state index in [2.05, 4.69) is 44.7 Å². The van der Waals surface area contributed by atoms with Crippen molar-refractivity contribution < 1.29 is 14.3 Å². The number of fused-ring (bicyclic) bond motifs is 1. The maximum Gasteiger partial charge on any atom is 0.321 e. The van der Waals surface area contributed by atoms with Gasteiger partial charge in [-0.05, 0) is 66.9 Å². The number of hydrogen-bond donors (Lipinski definition) is 2.